The van der Waals surface area contributed by atoms with Crippen LogP contribution in [0, 0.1) is 6.92 Å². The van der Waals surface area contributed by atoms with Crippen LogP contribution >= 0.6 is 11.3 Å². The second-order valence-corrected chi connectivity index (χ2v) is 4.20. The van der Waals surface area contributed by atoms with Crippen LogP contribution in [0.2, 0.25) is 0 Å². The number of aryl methyl sites for hydroxylation is 2. The van der Waals surface area contributed by atoms with Gasteiger partial charge < -0.3 is 0 Å². The van der Waals surface area contributed by atoms with Crippen molar-refractivity contribution >= 4 is 11.3 Å². The molecule has 0 aliphatic carbocycles. The molecule has 14 heavy (non-hydrogen) atoms. The predicted molar refractivity (Wildman–Crippen MR) is 59.5 cm³/mol. The normalized spacial score (nSPS) is 10.4. The molecule has 0 saturated carbocycles. The highest BCUT2D eigenvalue weighted by molar-refractivity contribution is 7.15. The molecule has 0 saturated heterocycles. The number of hydrogen-bond acceptors (Lipinski definition) is 3. The molecule has 2 aromatic rings. The lowest BCUT2D eigenvalue weighted by molar-refractivity contribution is 1.11. The van der Waals surface area contributed by atoms with Crippen LogP contribution < -0.4 is 0 Å². The largest absolute Gasteiger partial charge is 0.265 e. The van der Waals surface area contributed by atoms with Gasteiger partial charge in [-0.05, 0) is 25.5 Å². The van der Waals surface area contributed by atoms with Crippen molar-refractivity contribution in [3.05, 3.63) is 35.1 Å². The van der Waals surface area contributed by atoms with E-state index in [0.717, 1.165) is 22.7 Å². The molecule has 0 atom stereocenters. The molecule has 0 amide bonds. The average molecular weight is 204 g/mol. The van der Waals surface area contributed by atoms with Gasteiger partial charge in [0.05, 0.1) is 5.69 Å². The van der Waals surface area contributed by atoms with Crippen molar-refractivity contribution < 1.29 is 0 Å². The molecule has 0 aliphatic heterocycles. The Balaban J connectivity index is 2.43. The van der Waals surface area contributed by atoms with E-state index < -0.39 is 0 Å². The third kappa shape index (κ3) is 1.68. The first kappa shape index (κ1) is 9.34. The number of nitrogens with zero attached hydrogens (tertiary/aromatic N) is 2. The SMILES string of the molecule is CCc1sc(-c2ccncc2)nc1C. The van der Waals surface area contributed by atoms with Crippen LogP contribution in [0.5, 0.6) is 0 Å². The van der Waals surface area contributed by atoms with Gasteiger partial charge in [0.1, 0.15) is 5.01 Å². The van der Waals surface area contributed by atoms with Crippen LogP contribution in [-0.2, 0) is 6.42 Å². The summed E-state index contributed by atoms with van der Waals surface area (Å²) in [5, 5.41) is 1.10. The van der Waals surface area contributed by atoms with E-state index in [1.54, 1.807) is 23.7 Å². The number of aromatic nitrogens is 2. The highest BCUT2D eigenvalue weighted by Crippen LogP contribution is 2.27. The van der Waals surface area contributed by atoms with Gasteiger partial charge in [0, 0.05) is 22.8 Å². The monoisotopic (exact) mass is 204 g/mol. The van der Waals surface area contributed by atoms with Gasteiger partial charge in [-0.3, -0.25) is 4.98 Å². The number of pyridine rings is 1. The number of rotatable bonds is 2. The molecule has 2 nitrogen and oxygen atoms in total. The number of hydrogen-bond donors (Lipinski definition) is 0. The first-order valence-electron chi connectivity index (χ1n) is 4.68. The second-order valence-electron chi connectivity index (χ2n) is 3.12. The lowest BCUT2D eigenvalue weighted by Gasteiger charge is -1.92. The maximum absolute atomic E-state index is 4.54. The molecule has 0 unspecified atom stereocenters. The first-order valence-corrected chi connectivity index (χ1v) is 5.49. The van der Waals surface area contributed by atoms with Gasteiger partial charge in [0.25, 0.3) is 0 Å². The standard InChI is InChI=1S/C11H12N2S/c1-3-10-8(2)13-11(14-10)9-4-6-12-7-5-9/h4-7H,3H2,1-2H3. The fourth-order valence-corrected chi connectivity index (χ4v) is 2.38. The van der Waals surface area contributed by atoms with Crippen molar-refractivity contribution in [1.82, 2.24) is 9.97 Å². The minimum atomic E-state index is 1.06. The van der Waals surface area contributed by atoms with Gasteiger partial charge in [-0.25, -0.2) is 4.98 Å². The molecule has 3 heteroatoms. The van der Waals surface area contributed by atoms with Crippen LogP contribution in [0.25, 0.3) is 10.6 Å². The van der Waals surface area contributed by atoms with Gasteiger partial charge in [-0.2, -0.15) is 0 Å². The molecule has 2 rings (SSSR count). The van der Waals surface area contributed by atoms with E-state index in [-0.39, 0.29) is 0 Å². The third-order valence-corrected chi connectivity index (χ3v) is 3.49. The minimum Gasteiger partial charge on any atom is -0.265 e. The zero-order valence-corrected chi connectivity index (χ0v) is 9.14. The predicted octanol–water partition coefficient (Wildman–Crippen LogP) is 3.08. The Labute approximate surface area is 87.7 Å². The quantitative estimate of drug-likeness (QED) is 0.751. The van der Waals surface area contributed by atoms with E-state index in [9.17, 15) is 0 Å². The van der Waals surface area contributed by atoms with Crippen molar-refractivity contribution in [2.24, 2.45) is 0 Å². The van der Waals surface area contributed by atoms with E-state index in [4.69, 9.17) is 0 Å². The molecule has 2 heterocycles. The number of thiazole rings is 1. The van der Waals surface area contributed by atoms with Crippen molar-refractivity contribution in [3.8, 4) is 10.6 Å². The van der Waals surface area contributed by atoms with Gasteiger partial charge in [0.15, 0.2) is 0 Å². The summed E-state index contributed by atoms with van der Waals surface area (Å²) >= 11 is 1.77. The summed E-state index contributed by atoms with van der Waals surface area (Å²) in [5.41, 5.74) is 2.32. The fourth-order valence-electron chi connectivity index (χ4n) is 1.37. The summed E-state index contributed by atoms with van der Waals surface area (Å²) in [7, 11) is 0. The first-order chi connectivity index (χ1) is 6.81. The smallest absolute Gasteiger partial charge is 0.123 e. The highest BCUT2D eigenvalue weighted by Gasteiger charge is 2.06. The Morgan fingerprint density at radius 2 is 2.00 bits per heavy atom. The Kier molecular flexibility index (Phi) is 2.59. The van der Waals surface area contributed by atoms with Crippen molar-refractivity contribution in [1.29, 1.82) is 0 Å². The summed E-state index contributed by atoms with van der Waals surface area (Å²) in [6, 6.07) is 4.00. The minimum absolute atomic E-state index is 1.06. The van der Waals surface area contributed by atoms with Crippen molar-refractivity contribution in [3.63, 3.8) is 0 Å². The molecule has 72 valence electrons. The summed E-state index contributed by atoms with van der Waals surface area (Å²) in [6.07, 6.45) is 4.67. The summed E-state index contributed by atoms with van der Waals surface area (Å²) < 4.78 is 0. The lowest BCUT2D eigenvalue weighted by Crippen LogP contribution is -1.79. The van der Waals surface area contributed by atoms with E-state index in [2.05, 4.69) is 23.8 Å². The topological polar surface area (TPSA) is 25.8 Å². The van der Waals surface area contributed by atoms with E-state index in [0.29, 0.717) is 0 Å². The molecule has 0 bridgehead atoms. The molecular weight excluding hydrogens is 192 g/mol. The molecule has 0 fully saturated rings. The zero-order chi connectivity index (χ0) is 9.97. The molecule has 0 radical (unpaired) electrons. The Bertz CT molecular complexity index is 420. The summed E-state index contributed by atoms with van der Waals surface area (Å²) in [4.78, 5) is 9.91. The molecule has 0 aromatic carbocycles. The Morgan fingerprint density at radius 3 is 2.57 bits per heavy atom. The van der Waals surface area contributed by atoms with Crippen LogP contribution in [0.1, 0.15) is 17.5 Å². The maximum atomic E-state index is 4.54. The van der Waals surface area contributed by atoms with Crippen LogP contribution in [0.15, 0.2) is 24.5 Å². The molecular formula is C11H12N2S. The average Bonchev–Trinajstić information content (AvgIpc) is 2.61. The van der Waals surface area contributed by atoms with E-state index in [1.165, 1.54) is 4.88 Å². The fraction of sp³-hybridized carbons (Fsp3) is 0.273. The Morgan fingerprint density at radius 1 is 1.29 bits per heavy atom. The van der Waals surface area contributed by atoms with Gasteiger partial charge in [-0.15, -0.1) is 11.3 Å². The zero-order valence-electron chi connectivity index (χ0n) is 8.32. The van der Waals surface area contributed by atoms with Crippen molar-refractivity contribution in [2.75, 3.05) is 0 Å². The van der Waals surface area contributed by atoms with Crippen LogP contribution in [0.3, 0.4) is 0 Å². The third-order valence-electron chi connectivity index (χ3n) is 2.14. The van der Waals surface area contributed by atoms with E-state index in [1.807, 2.05) is 12.1 Å². The second kappa shape index (κ2) is 3.88. The van der Waals surface area contributed by atoms with Gasteiger partial charge in [-0.1, -0.05) is 6.92 Å². The van der Waals surface area contributed by atoms with Crippen LogP contribution in [0.4, 0.5) is 0 Å². The van der Waals surface area contributed by atoms with E-state index >= 15 is 0 Å². The summed E-state index contributed by atoms with van der Waals surface area (Å²) in [5.74, 6) is 0. The van der Waals surface area contributed by atoms with Gasteiger partial charge in [0.2, 0.25) is 0 Å². The van der Waals surface area contributed by atoms with Gasteiger partial charge >= 0.3 is 0 Å². The highest BCUT2D eigenvalue weighted by atomic mass is 32.1. The molecule has 0 spiro atoms. The maximum Gasteiger partial charge on any atom is 0.123 e. The molecule has 0 aliphatic rings. The lowest BCUT2D eigenvalue weighted by atomic mass is 10.3. The summed E-state index contributed by atoms with van der Waals surface area (Å²) in [6.45, 7) is 4.23. The Hall–Kier alpha value is -1.22. The van der Waals surface area contributed by atoms with Crippen molar-refractivity contribution in [2.45, 2.75) is 20.3 Å². The van der Waals surface area contributed by atoms with Crippen LogP contribution in [-0.4, -0.2) is 9.97 Å². The molecule has 0 N–H and O–H groups in total. The molecule has 2 aromatic heterocycles.